The van der Waals surface area contributed by atoms with Gasteiger partial charge in [0.25, 0.3) is 0 Å². The van der Waals surface area contributed by atoms with Gasteiger partial charge in [0.1, 0.15) is 42.7 Å². The van der Waals surface area contributed by atoms with Crippen LogP contribution in [0.4, 0.5) is 0 Å². The maximum Gasteiger partial charge on any atom is 0.335 e. The van der Waals surface area contributed by atoms with E-state index in [1.807, 2.05) is 0 Å². The first-order chi connectivity index (χ1) is 13.1. The van der Waals surface area contributed by atoms with E-state index in [0.717, 1.165) is 14.0 Å². The number of carboxylic acids is 1. The molecule has 4 unspecified atom stereocenters. The fourth-order valence-electron chi connectivity index (χ4n) is 3.22. The molecular weight excluding hydrogens is 386 g/mol. The van der Waals surface area contributed by atoms with E-state index in [-0.39, 0.29) is 0 Å². The first kappa shape index (κ1) is 22.9. The molecule has 1 amide bonds. The summed E-state index contributed by atoms with van der Waals surface area (Å²) in [5.41, 5.74) is 0. The molecule has 0 saturated carbocycles. The van der Waals surface area contributed by atoms with E-state index >= 15 is 0 Å². The van der Waals surface area contributed by atoms with E-state index in [1.165, 1.54) is 0 Å². The van der Waals surface area contributed by atoms with Crippen LogP contribution in [0.15, 0.2) is 0 Å². The molecule has 2 saturated heterocycles. The predicted octanol–water partition coefficient (Wildman–Crippen LogP) is -4.51. The molecular formula is C15H25NO12. The van der Waals surface area contributed by atoms with Crippen LogP contribution < -0.4 is 5.32 Å². The van der Waals surface area contributed by atoms with Gasteiger partial charge in [-0.3, -0.25) is 4.79 Å². The van der Waals surface area contributed by atoms with Gasteiger partial charge < -0.3 is 54.9 Å². The lowest BCUT2D eigenvalue weighted by Crippen LogP contribution is -2.68. The molecule has 2 rings (SSSR count). The third-order valence-electron chi connectivity index (χ3n) is 4.59. The normalized spacial score (nSPS) is 44.1. The smallest absolute Gasteiger partial charge is 0.335 e. The van der Waals surface area contributed by atoms with Crippen molar-refractivity contribution in [3.05, 3.63) is 0 Å². The third kappa shape index (κ3) is 4.59. The first-order valence-corrected chi connectivity index (χ1v) is 8.44. The molecule has 0 radical (unpaired) electrons. The Morgan fingerprint density at radius 1 is 1.04 bits per heavy atom. The van der Waals surface area contributed by atoms with E-state index in [1.54, 1.807) is 0 Å². The Morgan fingerprint density at radius 2 is 1.68 bits per heavy atom. The number of ether oxygens (including phenoxy) is 4. The van der Waals surface area contributed by atoms with Crippen LogP contribution in [0.3, 0.4) is 0 Å². The first-order valence-electron chi connectivity index (χ1n) is 8.44. The number of carbonyl (C=O) groups is 2. The summed E-state index contributed by atoms with van der Waals surface area (Å²) >= 11 is 0. The molecule has 0 aliphatic carbocycles. The van der Waals surface area contributed by atoms with Crippen molar-refractivity contribution in [3.63, 3.8) is 0 Å². The molecule has 10 atom stereocenters. The van der Waals surface area contributed by atoms with Gasteiger partial charge >= 0.3 is 5.97 Å². The summed E-state index contributed by atoms with van der Waals surface area (Å²) in [5.74, 6) is -2.15. The number of hydrogen-bond acceptors (Lipinski definition) is 11. The van der Waals surface area contributed by atoms with Gasteiger partial charge in [-0.15, -0.1) is 0 Å². The van der Waals surface area contributed by atoms with Crippen LogP contribution >= 0.6 is 0 Å². The number of hydrogen-bond donors (Lipinski definition) is 7. The summed E-state index contributed by atoms with van der Waals surface area (Å²) in [6.45, 7) is 0.439. The Hall–Kier alpha value is -1.42. The van der Waals surface area contributed by atoms with E-state index in [2.05, 4.69) is 5.32 Å². The second-order valence-electron chi connectivity index (χ2n) is 6.51. The molecule has 13 nitrogen and oxygen atoms in total. The largest absolute Gasteiger partial charge is 0.479 e. The lowest BCUT2D eigenvalue weighted by atomic mass is 9.95. The van der Waals surface area contributed by atoms with E-state index < -0.39 is 79.8 Å². The molecule has 2 aliphatic rings. The second-order valence-corrected chi connectivity index (χ2v) is 6.51. The zero-order valence-electron chi connectivity index (χ0n) is 15.1. The molecule has 0 spiro atoms. The van der Waals surface area contributed by atoms with Crippen molar-refractivity contribution in [3.8, 4) is 0 Å². The summed E-state index contributed by atoms with van der Waals surface area (Å²) in [6.07, 6.45) is -14.3. The van der Waals surface area contributed by atoms with Crippen LogP contribution in [0.2, 0.25) is 0 Å². The summed E-state index contributed by atoms with van der Waals surface area (Å²) in [6, 6.07) is -1.33. The van der Waals surface area contributed by atoms with Crippen molar-refractivity contribution in [1.29, 1.82) is 0 Å². The van der Waals surface area contributed by atoms with Gasteiger partial charge in [0.15, 0.2) is 18.7 Å². The summed E-state index contributed by atoms with van der Waals surface area (Å²) in [5, 5.41) is 61.6. The Morgan fingerprint density at radius 3 is 2.18 bits per heavy atom. The lowest BCUT2D eigenvalue weighted by molar-refractivity contribution is -0.338. The monoisotopic (exact) mass is 411 g/mol. The highest BCUT2D eigenvalue weighted by atomic mass is 16.7. The van der Waals surface area contributed by atoms with E-state index in [0.29, 0.717) is 0 Å². The molecule has 0 aromatic carbocycles. The second kappa shape index (κ2) is 9.39. The summed E-state index contributed by atoms with van der Waals surface area (Å²) < 4.78 is 20.5. The minimum Gasteiger partial charge on any atom is -0.479 e. The Kier molecular flexibility index (Phi) is 7.66. The summed E-state index contributed by atoms with van der Waals surface area (Å²) in [7, 11) is 1.13. The SMILES string of the molecule is CO[C@@H]1C(O)[C@H](O[C@@H]2C(NC(C)=O)[C@H](O)OC(CO)[C@H]2O)OC(C(=O)O)[C@H]1O. The van der Waals surface area contributed by atoms with Crippen LogP contribution in [0, 0.1) is 0 Å². The maximum atomic E-state index is 11.4. The fourth-order valence-corrected chi connectivity index (χ4v) is 3.22. The number of aliphatic hydroxyl groups is 5. The van der Waals surface area contributed by atoms with Crippen LogP contribution in [-0.2, 0) is 28.5 Å². The maximum absolute atomic E-state index is 11.4. The van der Waals surface area contributed by atoms with E-state index in [4.69, 9.17) is 18.9 Å². The number of methoxy groups -OCH3 is 1. The van der Waals surface area contributed by atoms with Crippen LogP contribution in [0.5, 0.6) is 0 Å². The summed E-state index contributed by atoms with van der Waals surface area (Å²) in [4.78, 5) is 22.7. The van der Waals surface area contributed by atoms with Crippen molar-refractivity contribution in [2.24, 2.45) is 0 Å². The topological polar surface area (TPSA) is 204 Å². The molecule has 0 aromatic heterocycles. The molecule has 162 valence electrons. The van der Waals surface area contributed by atoms with Crippen molar-refractivity contribution in [1.82, 2.24) is 5.32 Å². The zero-order chi connectivity index (χ0) is 21.2. The number of aliphatic carboxylic acids is 1. The number of aliphatic hydroxyl groups excluding tert-OH is 5. The van der Waals surface area contributed by atoms with Gasteiger partial charge in [0.05, 0.1) is 6.61 Å². The number of amides is 1. The van der Waals surface area contributed by atoms with Gasteiger partial charge in [0, 0.05) is 14.0 Å². The van der Waals surface area contributed by atoms with Crippen LogP contribution in [0.25, 0.3) is 0 Å². The highest BCUT2D eigenvalue weighted by Gasteiger charge is 2.52. The van der Waals surface area contributed by atoms with E-state index in [9.17, 15) is 40.2 Å². The molecule has 2 aliphatic heterocycles. The van der Waals surface area contributed by atoms with Crippen molar-refractivity contribution in [2.45, 2.75) is 68.3 Å². The van der Waals surface area contributed by atoms with Gasteiger partial charge in [-0.25, -0.2) is 4.79 Å². The minimum atomic E-state index is -1.81. The molecule has 0 aromatic rings. The average Bonchev–Trinajstić information content (AvgIpc) is 2.62. The van der Waals surface area contributed by atoms with Gasteiger partial charge in [-0.1, -0.05) is 0 Å². The molecule has 7 N–H and O–H groups in total. The highest BCUT2D eigenvalue weighted by Crippen LogP contribution is 2.29. The quantitative estimate of drug-likeness (QED) is 0.221. The third-order valence-corrected chi connectivity index (χ3v) is 4.59. The van der Waals surface area contributed by atoms with Gasteiger partial charge in [-0.2, -0.15) is 0 Å². The highest BCUT2D eigenvalue weighted by molar-refractivity contribution is 5.73. The number of carbonyl (C=O) groups excluding carboxylic acids is 1. The van der Waals surface area contributed by atoms with Crippen molar-refractivity contribution < 1.29 is 59.2 Å². The number of nitrogens with one attached hydrogen (secondary N) is 1. The van der Waals surface area contributed by atoms with Gasteiger partial charge in [0.2, 0.25) is 5.91 Å². The van der Waals surface area contributed by atoms with Crippen molar-refractivity contribution >= 4 is 11.9 Å². The lowest BCUT2D eigenvalue weighted by Gasteiger charge is -2.46. The zero-order valence-corrected chi connectivity index (χ0v) is 15.1. The number of carboxylic acid groups (broad SMARTS) is 1. The Bertz CT molecular complexity index is 561. The molecule has 2 heterocycles. The molecule has 0 bridgehead atoms. The number of rotatable bonds is 6. The van der Waals surface area contributed by atoms with Crippen molar-refractivity contribution in [2.75, 3.05) is 13.7 Å². The fraction of sp³-hybridized carbons (Fsp3) is 0.867. The molecule has 2 fully saturated rings. The minimum absolute atomic E-state index is 0.602. The molecule has 28 heavy (non-hydrogen) atoms. The predicted molar refractivity (Wildman–Crippen MR) is 85.6 cm³/mol. The van der Waals surface area contributed by atoms with Crippen LogP contribution in [-0.4, -0.2) is 118 Å². The standard InChI is InChI=1S/C15H25NO12/c1-4(18)16-6-10(7(19)5(3-17)26-14(6)24)27-15-9(21)11(25-2)8(20)12(28-15)13(22)23/h5-12,14-15,17,19-21,24H,3H2,1-2H3,(H,16,18)(H,22,23)/t5?,6?,7-,8+,9?,10-,11+,12?,14-,15-/m1/s1. The Balaban J connectivity index is 2.28. The van der Waals surface area contributed by atoms with Gasteiger partial charge in [-0.05, 0) is 0 Å². The Labute approximate surface area is 159 Å². The average molecular weight is 411 g/mol. The van der Waals surface area contributed by atoms with Crippen LogP contribution in [0.1, 0.15) is 6.92 Å². The molecule has 13 heteroatoms.